The molecular formula is C36H23IN2S. The van der Waals surface area contributed by atoms with Gasteiger partial charge in [0.05, 0.1) is 22.9 Å². The van der Waals surface area contributed by atoms with Crippen LogP contribution in [0.4, 0.5) is 0 Å². The summed E-state index contributed by atoms with van der Waals surface area (Å²) < 4.78 is 8.46. The molecule has 8 rings (SSSR count). The largest absolute Gasteiger partial charge is 0.252 e. The monoisotopic (exact) mass is 642 g/mol. The Labute approximate surface area is 245 Å². The molecule has 2 aromatic heterocycles. The Kier molecular flexibility index (Phi) is 5.54. The van der Waals surface area contributed by atoms with Crippen LogP contribution in [0.5, 0.6) is 0 Å². The molecule has 0 saturated heterocycles. The van der Waals surface area contributed by atoms with Crippen LogP contribution in [0.15, 0.2) is 109 Å². The first-order valence-corrected chi connectivity index (χ1v) is 16.6. The molecule has 190 valence electrons. The van der Waals surface area contributed by atoms with E-state index in [-0.39, 0.29) is 20.7 Å². The first-order chi connectivity index (χ1) is 19.7. The van der Waals surface area contributed by atoms with Crippen LogP contribution in [0.3, 0.4) is 0 Å². The standard InChI is InChI=1S/C36H23IN2S/c1-21-17-24(19-30-29-15-8-16-31(37-2)36(29)40-35(21)30)22-9-7-10-23(18-22)32-20-38-33-27-13-5-3-11-25(27)26-12-4-6-14-28(26)34(33)39-32/h3-20H,2H2,1H3. The van der Waals surface area contributed by atoms with Gasteiger partial charge < -0.3 is 0 Å². The summed E-state index contributed by atoms with van der Waals surface area (Å²) in [4.78, 5) is 10.2. The number of hydrogen-bond donors (Lipinski definition) is 0. The smallest absolute Gasteiger partial charge is 0.0979 e. The van der Waals surface area contributed by atoms with Gasteiger partial charge in [0, 0.05) is 40.1 Å². The maximum Gasteiger partial charge on any atom is 0.0979 e. The third kappa shape index (κ3) is 3.63. The van der Waals surface area contributed by atoms with Crippen molar-refractivity contribution in [2.75, 3.05) is 0 Å². The molecule has 0 N–H and O–H groups in total. The van der Waals surface area contributed by atoms with E-state index in [2.05, 4.69) is 115 Å². The summed E-state index contributed by atoms with van der Waals surface area (Å²) in [5.74, 6) is 0. The summed E-state index contributed by atoms with van der Waals surface area (Å²) in [5, 5.41) is 7.38. The molecule has 40 heavy (non-hydrogen) atoms. The normalized spacial score (nSPS) is 11.8. The molecule has 0 fully saturated rings. The second kappa shape index (κ2) is 9.29. The van der Waals surface area contributed by atoms with E-state index in [1.807, 2.05) is 17.5 Å². The number of benzene rings is 6. The van der Waals surface area contributed by atoms with Gasteiger partial charge in [-0.1, -0.05) is 104 Å². The van der Waals surface area contributed by atoms with Gasteiger partial charge in [-0.15, -0.1) is 11.3 Å². The molecule has 0 unspecified atom stereocenters. The zero-order valence-electron chi connectivity index (χ0n) is 21.8. The maximum absolute atomic E-state index is 5.21. The minimum absolute atomic E-state index is 0.211. The van der Waals surface area contributed by atoms with Gasteiger partial charge in [-0.05, 0) is 58.7 Å². The Morgan fingerprint density at radius 1 is 0.600 bits per heavy atom. The highest BCUT2D eigenvalue weighted by atomic mass is 127. The molecule has 0 atom stereocenters. The first-order valence-electron chi connectivity index (χ1n) is 13.2. The Morgan fingerprint density at radius 2 is 1.27 bits per heavy atom. The van der Waals surface area contributed by atoms with E-state index < -0.39 is 0 Å². The van der Waals surface area contributed by atoms with Crippen molar-refractivity contribution in [2.24, 2.45) is 0 Å². The number of halogens is 1. The molecule has 0 aliphatic carbocycles. The average Bonchev–Trinajstić information content (AvgIpc) is 3.41. The summed E-state index contributed by atoms with van der Waals surface area (Å²) in [6.45, 7) is 2.23. The van der Waals surface area contributed by atoms with Gasteiger partial charge in [-0.2, -0.15) is 0 Å². The second-order valence-corrected chi connectivity index (χ2v) is 13.1. The fourth-order valence-corrected chi connectivity index (χ4v) is 8.88. The molecule has 8 aromatic rings. The fourth-order valence-electron chi connectivity index (χ4n) is 5.93. The van der Waals surface area contributed by atoms with Gasteiger partial charge in [0.2, 0.25) is 0 Å². The van der Waals surface area contributed by atoms with Gasteiger partial charge in [0.25, 0.3) is 0 Å². The van der Waals surface area contributed by atoms with Crippen molar-refractivity contribution in [3.63, 3.8) is 0 Å². The lowest BCUT2D eigenvalue weighted by Crippen LogP contribution is -1.92. The van der Waals surface area contributed by atoms with Crippen LogP contribution in [0.1, 0.15) is 5.56 Å². The zero-order chi connectivity index (χ0) is 26.8. The molecule has 0 amide bonds. The Morgan fingerprint density at radius 3 is 2.05 bits per heavy atom. The summed E-state index contributed by atoms with van der Waals surface area (Å²) in [6.07, 6.45) is 1.92. The Bertz CT molecular complexity index is 2280. The lowest BCUT2D eigenvalue weighted by molar-refractivity contribution is 1.31. The molecule has 0 saturated carbocycles. The molecule has 4 heteroatoms. The third-order valence-electron chi connectivity index (χ3n) is 7.80. The maximum atomic E-state index is 5.21. The van der Waals surface area contributed by atoms with Crippen molar-refractivity contribution in [3.05, 3.63) is 118 Å². The molecule has 6 aromatic carbocycles. The van der Waals surface area contributed by atoms with Gasteiger partial charge in [0.15, 0.2) is 0 Å². The van der Waals surface area contributed by atoms with Gasteiger partial charge >= 0.3 is 0 Å². The van der Waals surface area contributed by atoms with Crippen molar-refractivity contribution in [3.8, 4) is 22.4 Å². The van der Waals surface area contributed by atoms with E-state index in [0.717, 1.165) is 33.1 Å². The van der Waals surface area contributed by atoms with Crippen molar-refractivity contribution in [1.29, 1.82) is 0 Å². The summed E-state index contributed by atoms with van der Waals surface area (Å²) in [5.41, 5.74) is 7.58. The summed E-state index contributed by atoms with van der Waals surface area (Å²) >= 11 is 1.70. The van der Waals surface area contributed by atoms with Gasteiger partial charge in [-0.25, -0.2) is 4.98 Å². The second-order valence-electron chi connectivity index (χ2n) is 10.1. The molecule has 2 nitrogen and oxygen atoms in total. The molecule has 0 spiro atoms. The quantitative estimate of drug-likeness (QED) is 0.142. The molecule has 0 aliphatic rings. The number of aryl methyl sites for hydroxylation is 1. The highest BCUT2D eigenvalue weighted by Gasteiger charge is 2.14. The van der Waals surface area contributed by atoms with E-state index in [4.69, 9.17) is 9.97 Å². The molecular weight excluding hydrogens is 619 g/mol. The number of thiophene rings is 1. The summed E-state index contributed by atoms with van der Waals surface area (Å²) in [6, 6.07) is 37.1. The van der Waals surface area contributed by atoms with Crippen LogP contribution in [-0.4, -0.2) is 14.5 Å². The highest BCUT2D eigenvalue weighted by molar-refractivity contribution is 14.2. The van der Waals surface area contributed by atoms with Crippen molar-refractivity contribution in [1.82, 2.24) is 9.97 Å². The molecule has 2 heterocycles. The van der Waals surface area contributed by atoms with Crippen LogP contribution >= 0.6 is 32.1 Å². The Hall–Kier alpha value is -4.00. The minimum Gasteiger partial charge on any atom is -0.252 e. The minimum atomic E-state index is -0.211. The zero-order valence-corrected chi connectivity index (χ0v) is 24.8. The predicted octanol–water partition coefficient (Wildman–Crippen LogP) is 10.5. The number of nitrogens with zero attached hydrogens (tertiary/aromatic N) is 2. The SMILES string of the molecule is C=Ic1cccc2c1sc1c(C)cc(-c3cccc(-c4cnc5c6ccccc6c6ccccc6c5n4)c3)cc12. The first kappa shape index (κ1) is 23.9. The number of hydrogen-bond acceptors (Lipinski definition) is 3. The van der Waals surface area contributed by atoms with Gasteiger partial charge in [-0.3, -0.25) is 4.98 Å². The van der Waals surface area contributed by atoms with Crippen LogP contribution in [0.2, 0.25) is 0 Å². The molecule has 0 aliphatic heterocycles. The predicted molar refractivity (Wildman–Crippen MR) is 183 cm³/mol. The fraction of sp³-hybridized carbons (Fsp3) is 0.0278. The average molecular weight is 643 g/mol. The van der Waals surface area contributed by atoms with Crippen molar-refractivity contribution >= 4 is 89.3 Å². The van der Waals surface area contributed by atoms with Crippen LogP contribution in [-0.2, 0) is 0 Å². The van der Waals surface area contributed by atoms with Crippen molar-refractivity contribution in [2.45, 2.75) is 6.92 Å². The number of fused-ring (bicyclic) bond motifs is 9. The van der Waals surface area contributed by atoms with E-state index >= 15 is 0 Å². The molecule has 0 radical (unpaired) electrons. The van der Waals surface area contributed by atoms with Crippen LogP contribution in [0, 0.1) is 10.5 Å². The molecule has 0 bridgehead atoms. The topological polar surface area (TPSA) is 25.8 Å². The third-order valence-corrected chi connectivity index (χ3v) is 11.3. The van der Waals surface area contributed by atoms with Crippen LogP contribution in [0.25, 0.3) is 75.1 Å². The van der Waals surface area contributed by atoms with E-state index in [9.17, 15) is 0 Å². The Balaban J connectivity index is 1.31. The van der Waals surface area contributed by atoms with Crippen molar-refractivity contribution < 1.29 is 0 Å². The number of aromatic nitrogens is 2. The van der Waals surface area contributed by atoms with Gasteiger partial charge in [0.1, 0.15) is 0 Å². The lowest BCUT2D eigenvalue weighted by Gasteiger charge is -2.11. The summed E-state index contributed by atoms with van der Waals surface area (Å²) in [7, 11) is 0. The van der Waals surface area contributed by atoms with E-state index in [0.29, 0.717) is 0 Å². The highest BCUT2D eigenvalue weighted by Crippen LogP contribution is 2.41. The van der Waals surface area contributed by atoms with E-state index in [1.165, 1.54) is 51.2 Å². The number of rotatable bonds is 3. The van der Waals surface area contributed by atoms with Crippen LogP contribution < -0.4 is 0 Å². The lowest BCUT2D eigenvalue weighted by atomic mass is 9.97. The van der Waals surface area contributed by atoms with E-state index in [1.54, 1.807) is 0 Å².